The van der Waals surface area contributed by atoms with E-state index in [1.807, 2.05) is 13.0 Å². The van der Waals surface area contributed by atoms with Gasteiger partial charge in [0.05, 0.1) is 5.69 Å². The molecular weight excluding hydrogens is 272 g/mol. The first kappa shape index (κ1) is 15.3. The topological polar surface area (TPSA) is 63.4 Å². The Morgan fingerprint density at radius 2 is 2.10 bits per heavy atom. The molecule has 4 nitrogen and oxygen atoms in total. The summed E-state index contributed by atoms with van der Waals surface area (Å²) in [6.45, 7) is 4.52. The quantitative estimate of drug-likeness (QED) is 0.869. The van der Waals surface area contributed by atoms with Crippen molar-refractivity contribution in [1.29, 1.82) is 0 Å². The molecule has 1 saturated heterocycles. The third-order valence-corrected chi connectivity index (χ3v) is 6.18. The molecule has 0 amide bonds. The molecular formula is C15H24N2O2S. The maximum atomic E-state index is 13.0. The van der Waals surface area contributed by atoms with Crippen LogP contribution in [0.3, 0.4) is 0 Å². The molecule has 1 heterocycles. The predicted octanol–water partition coefficient (Wildman–Crippen LogP) is 2.92. The average molecular weight is 296 g/mol. The van der Waals surface area contributed by atoms with E-state index >= 15 is 0 Å². The number of sulfonamides is 1. The molecule has 5 heteroatoms. The fourth-order valence-electron chi connectivity index (χ4n) is 3.06. The monoisotopic (exact) mass is 296 g/mol. The van der Waals surface area contributed by atoms with E-state index in [0.717, 1.165) is 37.7 Å². The average Bonchev–Trinajstić information content (AvgIpc) is 2.39. The first-order valence-electron chi connectivity index (χ1n) is 7.35. The van der Waals surface area contributed by atoms with Crippen LogP contribution in [-0.2, 0) is 10.0 Å². The molecule has 0 bridgehead atoms. The summed E-state index contributed by atoms with van der Waals surface area (Å²) in [5.74, 6) is 0. The summed E-state index contributed by atoms with van der Waals surface area (Å²) in [6.07, 6.45) is 4.93. The second-order valence-electron chi connectivity index (χ2n) is 5.55. The number of hydrogen-bond acceptors (Lipinski definition) is 3. The number of piperidine rings is 1. The number of anilines is 1. The van der Waals surface area contributed by atoms with Gasteiger partial charge in [0, 0.05) is 12.6 Å². The molecule has 112 valence electrons. The van der Waals surface area contributed by atoms with Crippen LogP contribution < -0.4 is 5.73 Å². The van der Waals surface area contributed by atoms with Gasteiger partial charge in [-0.05, 0) is 37.8 Å². The summed E-state index contributed by atoms with van der Waals surface area (Å²) in [5.41, 5.74) is 7.01. The molecule has 1 atom stereocenters. The molecule has 0 radical (unpaired) electrons. The number of aryl methyl sites for hydroxylation is 1. The normalized spacial score (nSPS) is 21.0. The van der Waals surface area contributed by atoms with Gasteiger partial charge in [-0.25, -0.2) is 8.42 Å². The van der Waals surface area contributed by atoms with E-state index in [2.05, 4.69) is 6.92 Å². The summed E-state index contributed by atoms with van der Waals surface area (Å²) < 4.78 is 27.6. The molecule has 0 aromatic heterocycles. The van der Waals surface area contributed by atoms with Gasteiger partial charge in [0.25, 0.3) is 0 Å². The van der Waals surface area contributed by atoms with Crippen molar-refractivity contribution in [2.24, 2.45) is 0 Å². The minimum absolute atomic E-state index is 0.123. The maximum Gasteiger partial charge on any atom is 0.245 e. The molecule has 20 heavy (non-hydrogen) atoms. The fraction of sp³-hybridized carbons (Fsp3) is 0.600. The van der Waals surface area contributed by atoms with Gasteiger partial charge < -0.3 is 5.73 Å². The molecule has 0 spiro atoms. The minimum atomic E-state index is -3.49. The van der Waals surface area contributed by atoms with Gasteiger partial charge >= 0.3 is 0 Å². The molecule has 1 aliphatic rings. The first-order chi connectivity index (χ1) is 9.48. The molecule has 2 N–H and O–H groups in total. The summed E-state index contributed by atoms with van der Waals surface area (Å²) in [4.78, 5) is 0.294. The molecule has 1 aromatic rings. The van der Waals surface area contributed by atoms with Crippen LogP contribution in [0.25, 0.3) is 0 Å². The van der Waals surface area contributed by atoms with Gasteiger partial charge in [-0.15, -0.1) is 0 Å². The Labute approximate surface area is 122 Å². The second kappa shape index (κ2) is 6.14. The lowest BCUT2D eigenvalue weighted by Crippen LogP contribution is -2.43. The molecule has 0 aliphatic carbocycles. The smallest absolute Gasteiger partial charge is 0.245 e. The lowest BCUT2D eigenvalue weighted by Gasteiger charge is -2.35. The molecule has 0 saturated carbocycles. The Morgan fingerprint density at radius 3 is 2.75 bits per heavy atom. The Morgan fingerprint density at radius 1 is 1.35 bits per heavy atom. The third kappa shape index (κ3) is 2.83. The van der Waals surface area contributed by atoms with E-state index in [-0.39, 0.29) is 6.04 Å². The summed E-state index contributed by atoms with van der Waals surface area (Å²) in [5, 5.41) is 0. The molecule has 2 rings (SSSR count). The third-order valence-electron chi connectivity index (χ3n) is 4.00. The van der Waals surface area contributed by atoms with E-state index in [1.165, 1.54) is 0 Å². The Kier molecular flexibility index (Phi) is 4.70. The summed E-state index contributed by atoms with van der Waals surface area (Å²) in [7, 11) is -3.49. The van der Waals surface area contributed by atoms with Crippen molar-refractivity contribution < 1.29 is 8.42 Å². The van der Waals surface area contributed by atoms with Crippen molar-refractivity contribution in [3.05, 3.63) is 23.8 Å². The van der Waals surface area contributed by atoms with Gasteiger partial charge in [0.1, 0.15) is 4.90 Å². The van der Waals surface area contributed by atoms with Crippen molar-refractivity contribution >= 4 is 15.7 Å². The Balaban J connectivity index is 2.42. The highest BCUT2D eigenvalue weighted by Crippen LogP contribution is 2.31. The van der Waals surface area contributed by atoms with Crippen LogP contribution >= 0.6 is 0 Å². The number of rotatable bonds is 4. The number of nitrogens with zero attached hydrogens (tertiary/aromatic N) is 1. The zero-order valence-corrected chi connectivity index (χ0v) is 13.1. The van der Waals surface area contributed by atoms with Gasteiger partial charge in [-0.2, -0.15) is 4.31 Å². The van der Waals surface area contributed by atoms with E-state index < -0.39 is 10.0 Å². The van der Waals surface area contributed by atoms with Crippen molar-refractivity contribution in [3.8, 4) is 0 Å². The molecule has 1 aromatic carbocycles. The van der Waals surface area contributed by atoms with Crippen molar-refractivity contribution in [2.75, 3.05) is 12.3 Å². The highest BCUT2D eigenvalue weighted by atomic mass is 32.2. The van der Waals surface area contributed by atoms with Gasteiger partial charge in [-0.1, -0.05) is 31.9 Å². The predicted molar refractivity (Wildman–Crippen MR) is 82.0 cm³/mol. The SMILES string of the molecule is CCCC1CCCCN1S(=O)(=O)c1c(C)cccc1N. The van der Waals surface area contributed by atoms with E-state index in [0.29, 0.717) is 17.1 Å². The number of nitrogens with two attached hydrogens (primary N) is 1. The van der Waals surface area contributed by atoms with Crippen LogP contribution in [-0.4, -0.2) is 25.3 Å². The largest absolute Gasteiger partial charge is 0.398 e. The highest BCUT2D eigenvalue weighted by Gasteiger charge is 2.34. The second-order valence-corrected chi connectivity index (χ2v) is 7.37. The Hall–Kier alpha value is -1.07. The summed E-state index contributed by atoms with van der Waals surface area (Å²) in [6, 6.07) is 5.39. The minimum Gasteiger partial charge on any atom is -0.398 e. The van der Waals surface area contributed by atoms with Crippen molar-refractivity contribution in [3.63, 3.8) is 0 Å². The lowest BCUT2D eigenvalue weighted by molar-refractivity contribution is 0.239. The van der Waals surface area contributed by atoms with Crippen LogP contribution in [0.5, 0.6) is 0 Å². The molecule has 1 unspecified atom stereocenters. The maximum absolute atomic E-state index is 13.0. The number of hydrogen-bond donors (Lipinski definition) is 1. The Bertz CT molecular complexity index is 547. The van der Waals surface area contributed by atoms with Gasteiger partial charge in [0.15, 0.2) is 0 Å². The zero-order valence-electron chi connectivity index (χ0n) is 12.3. The highest BCUT2D eigenvalue weighted by molar-refractivity contribution is 7.89. The van der Waals surface area contributed by atoms with Crippen LogP contribution in [0.15, 0.2) is 23.1 Å². The van der Waals surface area contributed by atoms with Crippen molar-refractivity contribution in [1.82, 2.24) is 4.31 Å². The standard InChI is InChI=1S/C15H24N2O2S/c1-3-7-13-9-4-5-11-17(13)20(18,19)15-12(2)8-6-10-14(15)16/h6,8,10,13H,3-5,7,9,11,16H2,1-2H3. The number of benzene rings is 1. The molecule has 1 fully saturated rings. The molecule has 1 aliphatic heterocycles. The van der Waals surface area contributed by atoms with Crippen LogP contribution in [0, 0.1) is 6.92 Å². The zero-order chi connectivity index (χ0) is 14.8. The first-order valence-corrected chi connectivity index (χ1v) is 8.79. The summed E-state index contributed by atoms with van der Waals surface area (Å²) >= 11 is 0. The van der Waals surface area contributed by atoms with Crippen LogP contribution in [0.4, 0.5) is 5.69 Å². The lowest BCUT2D eigenvalue weighted by atomic mass is 10.0. The van der Waals surface area contributed by atoms with Crippen LogP contribution in [0.1, 0.15) is 44.6 Å². The van der Waals surface area contributed by atoms with Crippen molar-refractivity contribution in [2.45, 2.75) is 56.9 Å². The van der Waals surface area contributed by atoms with Gasteiger partial charge in [-0.3, -0.25) is 0 Å². The van der Waals surface area contributed by atoms with Crippen LogP contribution in [0.2, 0.25) is 0 Å². The van der Waals surface area contributed by atoms with E-state index in [1.54, 1.807) is 16.4 Å². The fourth-order valence-corrected chi connectivity index (χ4v) is 5.11. The van der Waals surface area contributed by atoms with Gasteiger partial charge in [0.2, 0.25) is 10.0 Å². The van der Waals surface area contributed by atoms with E-state index in [4.69, 9.17) is 5.73 Å². The van der Waals surface area contributed by atoms with E-state index in [9.17, 15) is 8.42 Å². The number of nitrogen functional groups attached to an aromatic ring is 1.